The molecule has 1 heterocycles. The number of carbonyl (C=O) groups excluding carboxylic acids is 1. The van der Waals surface area contributed by atoms with Gasteiger partial charge in [0.2, 0.25) is 0 Å². The van der Waals surface area contributed by atoms with Crippen LogP contribution in [0.4, 0.5) is 0 Å². The van der Waals surface area contributed by atoms with Crippen LogP contribution >= 0.6 is 0 Å². The maximum absolute atomic E-state index is 12.7. The van der Waals surface area contributed by atoms with Gasteiger partial charge in [0.1, 0.15) is 11.9 Å². The van der Waals surface area contributed by atoms with Gasteiger partial charge in [-0.1, -0.05) is 27.7 Å². The molecule has 0 N–H and O–H groups in total. The van der Waals surface area contributed by atoms with Gasteiger partial charge in [-0.05, 0) is 41.5 Å². The molecule has 0 aromatic heterocycles. The smallest absolute Gasteiger partial charge is 0.167 e. The molecule has 3 rings (SSSR count). The zero-order valence-corrected chi connectivity index (χ0v) is 12.4. The zero-order valence-electron chi connectivity index (χ0n) is 12.4. The summed E-state index contributed by atoms with van der Waals surface area (Å²) in [4.78, 5) is 12.7. The first-order chi connectivity index (χ1) is 8.75. The number of ether oxygens (including phenoxy) is 1. The fourth-order valence-electron chi connectivity index (χ4n) is 3.59. The molecule has 2 aliphatic rings. The molecule has 102 valence electrons. The van der Waals surface area contributed by atoms with Crippen molar-refractivity contribution in [2.24, 2.45) is 16.7 Å². The molecule has 1 fully saturated rings. The highest BCUT2D eigenvalue weighted by Gasteiger charge is 2.67. The third-order valence-electron chi connectivity index (χ3n) is 5.46. The van der Waals surface area contributed by atoms with E-state index in [0.29, 0.717) is 0 Å². The van der Waals surface area contributed by atoms with Gasteiger partial charge in [0.25, 0.3) is 0 Å². The van der Waals surface area contributed by atoms with Crippen LogP contribution in [0.3, 0.4) is 0 Å². The minimum absolute atomic E-state index is 0.104. The van der Waals surface area contributed by atoms with Crippen LogP contribution in [0.15, 0.2) is 18.2 Å². The fourth-order valence-corrected chi connectivity index (χ4v) is 3.59. The van der Waals surface area contributed by atoms with Crippen LogP contribution in [0.1, 0.15) is 50.5 Å². The molecule has 1 aromatic rings. The third-order valence-corrected chi connectivity index (χ3v) is 5.46. The van der Waals surface area contributed by atoms with E-state index in [0.717, 1.165) is 17.7 Å². The molecule has 1 unspecified atom stereocenters. The summed E-state index contributed by atoms with van der Waals surface area (Å²) in [5.74, 6) is 1.37. The molecule has 2 heteroatoms. The highest BCUT2D eigenvalue weighted by Crippen LogP contribution is 2.69. The van der Waals surface area contributed by atoms with Gasteiger partial charge >= 0.3 is 0 Å². The summed E-state index contributed by atoms with van der Waals surface area (Å²) < 4.78 is 5.69. The predicted octanol–water partition coefficient (Wildman–Crippen LogP) is 3.87. The second kappa shape index (κ2) is 3.62. The number of hydrogen-bond donors (Lipinski definition) is 0. The van der Waals surface area contributed by atoms with Crippen molar-refractivity contribution >= 4 is 5.78 Å². The van der Waals surface area contributed by atoms with E-state index in [2.05, 4.69) is 34.6 Å². The summed E-state index contributed by atoms with van der Waals surface area (Å²) in [7, 11) is 0. The molecule has 1 atom stereocenters. The van der Waals surface area contributed by atoms with Gasteiger partial charge in [0.15, 0.2) is 5.78 Å². The second-order valence-corrected chi connectivity index (χ2v) is 7.20. The molecule has 19 heavy (non-hydrogen) atoms. The van der Waals surface area contributed by atoms with Crippen molar-refractivity contribution in [1.82, 2.24) is 0 Å². The number of hydrogen-bond acceptors (Lipinski definition) is 2. The van der Waals surface area contributed by atoms with Gasteiger partial charge in [-0.25, -0.2) is 0 Å². The van der Waals surface area contributed by atoms with Crippen molar-refractivity contribution in [3.8, 4) is 5.75 Å². The highest BCUT2D eigenvalue weighted by atomic mass is 16.5. The first kappa shape index (κ1) is 12.7. The molecular weight excluding hydrogens is 236 g/mol. The average molecular weight is 258 g/mol. The van der Waals surface area contributed by atoms with Crippen LogP contribution in [0, 0.1) is 16.7 Å². The summed E-state index contributed by atoms with van der Waals surface area (Å²) >= 11 is 0. The van der Waals surface area contributed by atoms with E-state index in [4.69, 9.17) is 4.74 Å². The van der Waals surface area contributed by atoms with Gasteiger partial charge in [-0.2, -0.15) is 0 Å². The van der Waals surface area contributed by atoms with E-state index in [1.54, 1.807) is 0 Å². The lowest BCUT2D eigenvalue weighted by Crippen LogP contribution is -2.07. The summed E-state index contributed by atoms with van der Waals surface area (Å²) in [6.07, 6.45) is 1.14. The van der Waals surface area contributed by atoms with Crippen molar-refractivity contribution in [1.29, 1.82) is 0 Å². The maximum atomic E-state index is 12.7. The Hall–Kier alpha value is -1.31. The predicted molar refractivity (Wildman–Crippen MR) is 75.6 cm³/mol. The van der Waals surface area contributed by atoms with Crippen molar-refractivity contribution in [3.05, 3.63) is 29.3 Å². The first-order valence-corrected chi connectivity index (χ1v) is 7.09. The van der Waals surface area contributed by atoms with Crippen molar-refractivity contribution in [3.63, 3.8) is 0 Å². The summed E-state index contributed by atoms with van der Waals surface area (Å²) in [5, 5.41) is 0. The van der Waals surface area contributed by atoms with Crippen molar-refractivity contribution < 1.29 is 9.53 Å². The quantitative estimate of drug-likeness (QED) is 0.753. The lowest BCUT2D eigenvalue weighted by Gasteiger charge is -2.05. The van der Waals surface area contributed by atoms with E-state index in [-0.39, 0.29) is 28.6 Å². The molecular formula is C17H22O2. The minimum Gasteiger partial charge on any atom is -0.490 e. The average Bonchev–Trinajstić information content (AvgIpc) is 2.58. The summed E-state index contributed by atoms with van der Waals surface area (Å²) in [5.41, 5.74) is 2.23. The Labute approximate surface area is 115 Å². The number of rotatable bonds is 2. The summed E-state index contributed by atoms with van der Waals surface area (Å²) in [6.45, 7) is 10.8. The molecule has 1 aliphatic carbocycles. The van der Waals surface area contributed by atoms with Crippen LogP contribution in [0.2, 0.25) is 0 Å². The van der Waals surface area contributed by atoms with E-state index >= 15 is 0 Å². The fraction of sp³-hybridized carbons (Fsp3) is 0.588. The third kappa shape index (κ3) is 1.65. The van der Waals surface area contributed by atoms with Crippen LogP contribution in [-0.4, -0.2) is 11.9 Å². The lowest BCUT2D eigenvalue weighted by atomic mass is 9.98. The Morgan fingerprint density at radius 2 is 1.84 bits per heavy atom. The zero-order chi connectivity index (χ0) is 14.0. The van der Waals surface area contributed by atoms with Crippen LogP contribution in [0.25, 0.3) is 0 Å². The van der Waals surface area contributed by atoms with Crippen LogP contribution in [0.5, 0.6) is 5.75 Å². The monoisotopic (exact) mass is 258 g/mol. The van der Waals surface area contributed by atoms with E-state index in [1.165, 1.54) is 5.56 Å². The van der Waals surface area contributed by atoms with Gasteiger partial charge in [-0.3, -0.25) is 4.79 Å². The standard InChI is InChI=1S/C17H22O2/c1-10-8-12-9-11(6-7-13(12)19-10)14(18)15-16(2,3)17(15,4)5/h6-7,9-10,15H,8H2,1-5H3. The number of benzene rings is 1. The molecule has 0 saturated heterocycles. The Morgan fingerprint density at radius 1 is 1.21 bits per heavy atom. The first-order valence-electron chi connectivity index (χ1n) is 7.09. The number of fused-ring (bicyclic) bond motifs is 1. The Kier molecular flexibility index (Phi) is 2.42. The molecule has 1 saturated carbocycles. The second-order valence-electron chi connectivity index (χ2n) is 7.20. The highest BCUT2D eigenvalue weighted by molar-refractivity contribution is 6.01. The van der Waals surface area contributed by atoms with Crippen molar-refractivity contribution in [2.75, 3.05) is 0 Å². The molecule has 1 aliphatic heterocycles. The molecule has 1 aromatic carbocycles. The van der Waals surface area contributed by atoms with Gasteiger partial charge in [0.05, 0.1) is 0 Å². The maximum Gasteiger partial charge on any atom is 0.167 e. The van der Waals surface area contributed by atoms with Gasteiger partial charge in [-0.15, -0.1) is 0 Å². The number of Topliss-reactive ketones (excluding diaryl/α,β-unsaturated/α-hetero) is 1. The van der Waals surface area contributed by atoms with Crippen molar-refractivity contribution in [2.45, 2.75) is 47.1 Å². The van der Waals surface area contributed by atoms with Gasteiger partial charge < -0.3 is 4.74 Å². The van der Waals surface area contributed by atoms with E-state index in [1.807, 2.05) is 18.2 Å². The summed E-state index contributed by atoms with van der Waals surface area (Å²) in [6, 6.07) is 5.91. The molecule has 0 amide bonds. The number of ketones is 1. The van der Waals surface area contributed by atoms with Crippen LogP contribution in [-0.2, 0) is 6.42 Å². The SMILES string of the molecule is CC1Cc2cc(C(=O)C3C(C)(C)C3(C)C)ccc2O1. The van der Waals surface area contributed by atoms with E-state index in [9.17, 15) is 4.79 Å². The van der Waals surface area contributed by atoms with Crippen LogP contribution < -0.4 is 4.74 Å². The largest absolute Gasteiger partial charge is 0.490 e. The van der Waals surface area contributed by atoms with Gasteiger partial charge in [0, 0.05) is 17.9 Å². The Morgan fingerprint density at radius 3 is 2.42 bits per heavy atom. The molecule has 0 bridgehead atoms. The molecule has 0 spiro atoms. The normalized spacial score (nSPS) is 26.7. The Bertz CT molecular complexity index is 540. The topological polar surface area (TPSA) is 26.3 Å². The molecule has 2 nitrogen and oxygen atoms in total. The minimum atomic E-state index is 0.104. The Balaban J connectivity index is 1.89. The number of carbonyl (C=O) groups is 1. The molecule has 0 radical (unpaired) electrons. The lowest BCUT2D eigenvalue weighted by molar-refractivity contribution is 0.0945. The van der Waals surface area contributed by atoms with E-state index < -0.39 is 0 Å².